The lowest BCUT2D eigenvalue weighted by atomic mass is 10.3. The average molecular weight is 385 g/mol. The number of nitrogens with one attached hydrogen (secondary N) is 2. The van der Waals surface area contributed by atoms with Crippen molar-refractivity contribution in [3.63, 3.8) is 0 Å². The first-order valence-electron chi connectivity index (χ1n) is 8.50. The molecule has 0 atom stereocenters. The zero-order chi connectivity index (χ0) is 19.2. The van der Waals surface area contributed by atoms with Crippen molar-refractivity contribution in [2.75, 3.05) is 17.7 Å². The third-order valence-electron chi connectivity index (χ3n) is 3.59. The Morgan fingerprint density at radius 2 is 1.63 bits per heavy atom. The maximum atomic E-state index is 6.07. The number of methoxy groups -OCH3 is 1. The summed E-state index contributed by atoms with van der Waals surface area (Å²) < 4.78 is 11.0. The molecule has 0 spiro atoms. The van der Waals surface area contributed by atoms with E-state index in [4.69, 9.17) is 21.1 Å². The fourth-order valence-electron chi connectivity index (χ4n) is 2.45. The normalized spacial score (nSPS) is 10.6. The highest BCUT2D eigenvalue weighted by Crippen LogP contribution is 2.30. The molecule has 0 unspecified atom stereocenters. The summed E-state index contributed by atoms with van der Waals surface area (Å²) in [6.45, 7) is 3.99. The summed E-state index contributed by atoms with van der Waals surface area (Å²) >= 11 is 6.07. The molecule has 7 heteroatoms. The van der Waals surface area contributed by atoms with Crippen molar-refractivity contribution in [2.24, 2.45) is 0 Å². The predicted molar refractivity (Wildman–Crippen MR) is 109 cm³/mol. The van der Waals surface area contributed by atoms with Gasteiger partial charge < -0.3 is 20.1 Å². The van der Waals surface area contributed by atoms with Crippen molar-refractivity contribution in [1.29, 1.82) is 0 Å². The fraction of sp³-hybridized carbons (Fsp3) is 0.200. The highest BCUT2D eigenvalue weighted by Gasteiger charge is 2.07. The summed E-state index contributed by atoms with van der Waals surface area (Å²) in [6.07, 6.45) is 1.63. The van der Waals surface area contributed by atoms with E-state index in [1.54, 1.807) is 31.4 Å². The maximum absolute atomic E-state index is 6.07. The topological polar surface area (TPSA) is 68.3 Å². The van der Waals surface area contributed by atoms with E-state index in [1.807, 2.05) is 38.1 Å². The van der Waals surface area contributed by atoms with Crippen LogP contribution >= 0.6 is 11.6 Å². The Morgan fingerprint density at radius 3 is 2.30 bits per heavy atom. The lowest BCUT2D eigenvalue weighted by Crippen LogP contribution is -2.05. The Morgan fingerprint density at radius 1 is 0.926 bits per heavy atom. The Bertz CT molecular complexity index is 901. The molecule has 3 aromatic rings. The molecule has 0 saturated heterocycles. The molecule has 0 aliphatic carbocycles. The van der Waals surface area contributed by atoms with Gasteiger partial charge in [0.05, 0.1) is 18.9 Å². The van der Waals surface area contributed by atoms with Gasteiger partial charge in [-0.25, -0.2) is 9.97 Å². The van der Waals surface area contributed by atoms with Crippen LogP contribution in [0.3, 0.4) is 0 Å². The highest BCUT2D eigenvalue weighted by atomic mass is 35.5. The number of rotatable bonds is 7. The van der Waals surface area contributed by atoms with E-state index in [9.17, 15) is 0 Å². The van der Waals surface area contributed by atoms with E-state index in [2.05, 4.69) is 20.6 Å². The van der Waals surface area contributed by atoms with E-state index in [1.165, 1.54) is 6.33 Å². The number of hydrogen-bond donors (Lipinski definition) is 2. The Balaban J connectivity index is 1.73. The molecule has 0 saturated carbocycles. The van der Waals surface area contributed by atoms with Gasteiger partial charge in [0.1, 0.15) is 29.5 Å². The largest absolute Gasteiger partial charge is 0.495 e. The third kappa shape index (κ3) is 5.24. The van der Waals surface area contributed by atoms with Crippen LogP contribution in [0, 0.1) is 0 Å². The van der Waals surface area contributed by atoms with E-state index < -0.39 is 0 Å². The number of nitrogens with zero attached hydrogens (tertiary/aromatic N) is 2. The summed E-state index contributed by atoms with van der Waals surface area (Å²) in [5.74, 6) is 2.78. The number of anilines is 4. The highest BCUT2D eigenvalue weighted by molar-refractivity contribution is 6.31. The van der Waals surface area contributed by atoms with Gasteiger partial charge in [-0.05, 0) is 56.3 Å². The lowest BCUT2D eigenvalue weighted by Gasteiger charge is -2.13. The van der Waals surface area contributed by atoms with E-state index in [-0.39, 0.29) is 6.10 Å². The number of aromatic nitrogens is 2. The molecule has 6 nitrogen and oxygen atoms in total. The van der Waals surface area contributed by atoms with Crippen LogP contribution in [0.4, 0.5) is 23.0 Å². The second-order valence-corrected chi connectivity index (χ2v) is 6.51. The minimum absolute atomic E-state index is 0.141. The van der Waals surface area contributed by atoms with Crippen LogP contribution in [0.15, 0.2) is 54.9 Å². The van der Waals surface area contributed by atoms with E-state index >= 15 is 0 Å². The first-order chi connectivity index (χ1) is 13.0. The first kappa shape index (κ1) is 18.8. The molecule has 3 rings (SSSR count). The van der Waals surface area contributed by atoms with Crippen LogP contribution in [-0.4, -0.2) is 23.2 Å². The molecular weight excluding hydrogens is 364 g/mol. The zero-order valence-corrected chi connectivity index (χ0v) is 16.1. The lowest BCUT2D eigenvalue weighted by molar-refractivity contribution is 0.242. The van der Waals surface area contributed by atoms with Gasteiger partial charge in [-0.15, -0.1) is 0 Å². The number of halogens is 1. The second kappa shape index (κ2) is 8.60. The first-order valence-corrected chi connectivity index (χ1v) is 8.87. The predicted octanol–water partition coefficient (Wildman–Crippen LogP) is 5.41. The molecule has 2 N–H and O–H groups in total. The average Bonchev–Trinajstić information content (AvgIpc) is 2.63. The van der Waals surface area contributed by atoms with Gasteiger partial charge in [0.15, 0.2) is 0 Å². The standard InChI is InChI=1S/C20H21ClN4O2/c1-13(2)27-16-7-5-15(6-8-16)24-19-11-20(23-12-22-19)25-17-10-14(21)4-9-18(17)26-3/h4-13H,1-3H3,(H2,22,23,24,25). The van der Waals surface area contributed by atoms with Crippen molar-refractivity contribution in [3.05, 3.63) is 59.9 Å². The smallest absolute Gasteiger partial charge is 0.142 e. The van der Waals surface area contributed by atoms with Gasteiger partial charge in [0.2, 0.25) is 0 Å². The molecule has 1 heterocycles. The van der Waals surface area contributed by atoms with Crippen molar-refractivity contribution in [2.45, 2.75) is 20.0 Å². The van der Waals surface area contributed by atoms with Gasteiger partial charge in [0, 0.05) is 16.8 Å². The third-order valence-corrected chi connectivity index (χ3v) is 3.82. The van der Waals surface area contributed by atoms with Gasteiger partial charge in [-0.3, -0.25) is 0 Å². The van der Waals surface area contributed by atoms with Crippen LogP contribution < -0.4 is 20.1 Å². The van der Waals surface area contributed by atoms with Crippen LogP contribution in [0.1, 0.15) is 13.8 Å². The van der Waals surface area contributed by atoms with E-state index in [0.29, 0.717) is 22.4 Å². The Labute approximate surface area is 163 Å². The van der Waals surface area contributed by atoms with Crippen LogP contribution in [0.25, 0.3) is 0 Å². The molecule has 0 aliphatic heterocycles. The van der Waals surface area contributed by atoms with E-state index in [0.717, 1.165) is 17.1 Å². The van der Waals surface area contributed by atoms with Crippen LogP contribution in [0.2, 0.25) is 5.02 Å². The van der Waals surface area contributed by atoms with Gasteiger partial charge in [0.25, 0.3) is 0 Å². The fourth-order valence-corrected chi connectivity index (χ4v) is 2.62. The maximum Gasteiger partial charge on any atom is 0.142 e. The molecular formula is C20H21ClN4O2. The quantitative estimate of drug-likeness (QED) is 0.567. The number of benzene rings is 2. The van der Waals surface area contributed by atoms with Crippen LogP contribution in [-0.2, 0) is 0 Å². The SMILES string of the molecule is COc1ccc(Cl)cc1Nc1cc(Nc2ccc(OC(C)C)cc2)ncn1. The minimum atomic E-state index is 0.141. The second-order valence-electron chi connectivity index (χ2n) is 6.07. The van der Waals surface area contributed by atoms with Crippen molar-refractivity contribution >= 4 is 34.6 Å². The zero-order valence-electron chi connectivity index (χ0n) is 15.4. The van der Waals surface area contributed by atoms with Gasteiger partial charge >= 0.3 is 0 Å². The minimum Gasteiger partial charge on any atom is -0.495 e. The van der Waals surface area contributed by atoms with Gasteiger partial charge in [-0.2, -0.15) is 0 Å². The molecule has 0 aliphatic rings. The molecule has 0 bridgehead atoms. The summed E-state index contributed by atoms with van der Waals surface area (Å²) in [7, 11) is 1.61. The molecule has 0 fully saturated rings. The number of hydrogen-bond acceptors (Lipinski definition) is 6. The van der Waals surface area contributed by atoms with Gasteiger partial charge in [-0.1, -0.05) is 11.6 Å². The molecule has 140 valence electrons. The Kier molecular flexibility index (Phi) is 5.98. The molecule has 1 aromatic heterocycles. The summed E-state index contributed by atoms with van der Waals surface area (Å²) in [5.41, 5.74) is 1.63. The molecule has 0 amide bonds. The molecule has 27 heavy (non-hydrogen) atoms. The van der Waals surface area contributed by atoms with Crippen molar-refractivity contribution in [3.8, 4) is 11.5 Å². The number of ether oxygens (including phenoxy) is 2. The van der Waals surface area contributed by atoms with Crippen molar-refractivity contribution < 1.29 is 9.47 Å². The molecule has 0 radical (unpaired) electrons. The monoisotopic (exact) mass is 384 g/mol. The van der Waals surface area contributed by atoms with Crippen LogP contribution in [0.5, 0.6) is 11.5 Å². The summed E-state index contributed by atoms with van der Waals surface area (Å²) in [6, 6.07) is 14.9. The summed E-state index contributed by atoms with van der Waals surface area (Å²) in [4.78, 5) is 8.50. The summed E-state index contributed by atoms with van der Waals surface area (Å²) in [5, 5.41) is 7.05. The Hall–Kier alpha value is -2.99. The molecule has 2 aromatic carbocycles. The van der Waals surface area contributed by atoms with Crippen molar-refractivity contribution in [1.82, 2.24) is 9.97 Å².